The lowest BCUT2D eigenvalue weighted by atomic mass is 9.99. The summed E-state index contributed by atoms with van der Waals surface area (Å²) in [5, 5.41) is 5.99. The van der Waals surface area contributed by atoms with Crippen LogP contribution in [0.15, 0.2) is 116 Å². The van der Waals surface area contributed by atoms with E-state index < -0.39 is 0 Å². The maximum Gasteiger partial charge on any atom is 0.165 e. The standard InChI is InChI=1S/C36H21N5/c1-2-8-22(9-3-1)40-31-13-12-24-23-10-5-4-7-21(23)17-27(24)34(31)29-18-28-26(19-32(29)40)25-14-16-37-20-33(25)41-35(28)39-30-11-6-15-38-36(30)41/h1-16,18-20H,17H2. The van der Waals surface area contributed by atoms with Gasteiger partial charge >= 0.3 is 0 Å². The quantitative estimate of drug-likeness (QED) is 0.204. The van der Waals surface area contributed by atoms with Crippen molar-refractivity contribution in [2.45, 2.75) is 6.42 Å². The fraction of sp³-hybridized carbons (Fsp3) is 0.0278. The maximum atomic E-state index is 5.12. The molecule has 0 atom stereocenters. The van der Waals surface area contributed by atoms with E-state index in [1.807, 2.05) is 30.7 Å². The molecule has 4 aromatic carbocycles. The fourth-order valence-electron chi connectivity index (χ4n) is 7.17. The van der Waals surface area contributed by atoms with Crippen LogP contribution in [-0.4, -0.2) is 23.9 Å². The number of rotatable bonds is 1. The monoisotopic (exact) mass is 523 g/mol. The van der Waals surface area contributed by atoms with Crippen LogP contribution in [0.4, 0.5) is 0 Å². The largest absolute Gasteiger partial charge is 0.309 e. The average molecular weight is 524 g/mol. The molecular weight excluding hydrogens is 502 g/mol. The van der Waals surface area contributed by atoms with E-state index in [0.717, 1.165) is 50.6 Å². The zero-order valence-corrected chi connectivity index (χ0v) is 21.9. The molecule has 1 aliphatic carbocycles. The molecule has 10 rings (SSSR count). The first-order chi connectivity index (χ1) is 20.3. The molecular formula is C36H21N5. The third-order valence-corrected chi connectivity index (χ3v) is 8.86. The molecule has 0 aliphatic heterocycles. The topological polar surface area (TPSA) is 48.0 Å². The second-order valence-corrected chi connectivity index (χ2v) is 10.9. The number of para-hydroxylation sites is 1. The molecule has 0 bridgehead atoms. The highest BCUT2D eigenvalue weighted by Crippen LogP contribution is 2.46. The Kier molecular flexibility index (Phi) is 3.92. The third-order valence-electron chi connectivity index (χ3n) is 8.86. The highest BCUT2D eigenvalue weighted by molar-refractivity contribution is 6.22. The molecule has 0 N–H and O–H groups in total. The Bertz CT molecular complexity index is 2550. The van der Waals surface area contributed by atoms with Crippen LogP contribution in [0.2, 0.25) is 0 Å². The van der Waals surface area contributed by atoms with E-state index in [1.54, 1.807) is 0 Å². The van der Waals surface area contributed by atoms with E-state index in [9.17, 15) is 0 Å². The summed E-state index contributed by atoms with van der Waals surface area (Å²) >= 11 is 0. The highest BCUT2D eigenvalue weighted by Gasteiger charge is 2.25. The number of pyridine rings is 3. The van der Waals surface area contributed by atoms with Crippen LogP contribution >= 0.6 is 0 Å². The Morgan fingerprint density at radius 3 is 2.46 bits per heavy atom. The molecule has 5 heterocycles. The molecule has 190 valence electrons. The maximum absolute atomic E-state index is 5.12. The molecule has 5 nitrogen and oxygen atoms in total. The lowest BCUT2D eigenvalue weighted by Crippen LogP contribution is -1.95. The first-order valence-corrected chi connectivity index (χ1v) is 13.9. The summed E-state index contributed by atoms with van der Waals surface area (Å²) in [7, 11) is 0. The number of hydrogen-bond acceptors (Lipinski definition) is 3. The molecule has 5 aromatic heterocycles. The van der Waals surface area contributed by atoms with Crippen molar-refractivity contribution in [3.63, 3.8) is 0 Å². The fourth-order valence-corrected chi connectivity index (χ4v) is 7.17. The van der Waals surface area contributed by atoms with Gasteiger partial charge in [-0.15, -0.1) is 0 Å². The van der Waals surface area contributed by atoms with Crippen LogP contribution in [0.5, 0.6) is 0 Å². The summed E-state index contributed by atoms with van der Waals surface area (Å²) in [4.78, 5) is 14.3. The molecule has 9 aromatic rings. The van der Waals surface area contributed by atoms with Gasteiger partial charge in [0.25, 0.3) is 0 Å². The van der Waals surface area contributed by atoms with Crippen molar-refractivity contribution >= 4 is 60.3 Å². The molecule has 0 fully saturated rings. The molecule has 0 amide bonds. The van der Waals surface area contributed by atoms with Gasteiger partial charge in [-0.1, -0.05) is 48.5 Å². The Labute approximate surface area is 234 Å². The predicted molar refractivity (Wildman–Crippen MR) is 166 cm³/mol. The average Bonchev–Trinajstić information content (AvgIpc) is 3.70. The lowest BCUT2D eigenvalue weighted by Gasteiger charge is -2.11. The van der Waals surface area contributed by atoms with E-state index in [1.165, 1.54) is 44.1 Å². The van der Waals surface area contributed by atoms with Crippen LogP contribution in [0.1, 0.15) is 11.1 Å². The van der Waals surface area contributed by atoms with Crippen LogP contribution in [0.25, 0.3) is 77.1 Å². The van der Waals surface area contributed by atoms with Gasteiger partial charge in [0, 0.05) is 39.6 Å². The normalized spacial score (nSPS) is 12.8. The van der Waals surface area contributed by atoms with Gasteiger partial charge in [0.2, 0.25) is 0 Å². The van der Waals surface area contributed by atoms with Crippen molar-refractivity contribution < 1.29 is 0 Å². The van der Waals surface area contributed by atoms with E-state index in [-0.39, 0.29) is 0 Å². The minimum absolute atomic E-state index is 0.852. The molecule has 0 unspecified atom stereocenters. The number of nitrogens with zero attached hydrogens (tertiary/aromatic N) is 5. The van der Waals surface area contributed by atoms with E-state index >= 15 is 0 Å². The van der Waals surface area contributed by atoms with Gasteiger partial charge in [-0.25, -0.2) is 9.97 Å². The molecule has 0 saturated heterocycles. The first kappa shape index (κ1) is 21.3. The van der Waals surface area contributed by atoms with Gasteiger partial charge in [0.05, 0.1) is 22.7 Å². The zero-order valence-electron chi connectivity index (χ0n) is 21.9. The predicted octanol–water partition coefficient (Wildman–Crippen LogP) is 8.25. The Morgan fingerprint density at radius 2 is 1.51 bits per heavy atom. The van der Waals surface area contributed by atoms with Crippen molar-refractivity contribution in [2.75, 3.05) is 0 Å². The Morgan fingerprint density at radius 1 is 0.610 bits per heavy atom. The Hall–Kier alpha value is -5.55. The van der Waals surface area contributed by atoms with E-state index in [2.05, 4.69) is 98.9 Å². The van der Waals surface area contributed by atoms with Crippen molar-refractivity contribution in [1.82, 2.24) is 23.9 Å². The number of benzene rings is 4. The second kappa shape index (κ2) is 7.55. The molecule has 41 heavy (non-hydrogen) atoms. The minimum atomic E-state index is 0.852. The van der Waals surface area contributed by atoms with Crippen LogP contribution in [0.3, 0.4) is 0 Å². The van der Waals surface area contributed by atoms with E-state index in [4.69, 9.17) is 9.97 Å². The molecule has 0 saturated carbocycles. The van der Waals surface area contributed by atoms with Gasteiger partial charge in [-0.05, 0) is 82.6 Å². The Balaban J connectivity index is 1.45. The first-order valence-electron chi connectivity index (χ1n) is 13.9. The molecule has 1 aliphatic rings. The van der Waals surface area contributed by atoms with Gasteiger partial charge in [-0.2, -0.15) is 0 Å². The number of hydrogen-bond donors (Lipinski definition) is 0. The number of imidazole rings is 1. The summed E-state index contributed by atoms with van der Waals surface area (Å²) in [6.45, 7) is 0. The van der Waals surface area contributed by atoms with Gasteiger partial charge in [0.15, 0.2) is 5.65 Å². The molecule has 5 heteroatoms. The van der Waals surface area contributed by atoms with Crippen molar-refractivity contribution in [3.05, 3.63) is 127 Å². The highest BCUT2D eigenvalue weighted by atomic mass is 15.1. The summed E-state index contributed by atoms with van der Waals surface area (Å²) in [6.07, 6.45) is 6.57. The number of fused-ring (bicyclic) bond motifs is 15. The summed E-state index contributed by atoms with van der Waals surface area (Å²) in [5.41, 5.74) is 12.7. The van der Waals surface area contributed by atoms with Crippen molar-refractivity contribution in [3.8, 4) is 16.8 Å². The van der Waals surface area contributed by atoms with Gasteiger partial charge in [0.1, 0.15) is 11.2 Å². The van der Waals surface area contributed by atoms with Gasteiger partial charge < -0.3 is 4.57 Å². The minimum Gasteiger partial charge on any atom is -0.309 e. The summed E-state index contributed by atoms with van der Waals surface area (Å²) in [5.74, 6) is 0. The van der Waals surface area contributed by atoms with Crippen molar-refractivity contribution in [1.29, 1.82) is 0 Å². The molecule has 0 radical (unpaired) electrons. The van der Waals surface area contributed by atoms with Crippen LogP contribution in [-0.2, 0) is 6.42 Å². The summed E-state index contributed by atoms with van der Waals surface area (Å²) < 4.78 is 4.59. The summed E-state index contributed by atoms with van der Waals surface area (Å²) in [6, 6.07) is 35.0. The zero-order chi connectivity index (χ0) is 26.7. The van der Waals surface area contributed by atoms with Crippen LogP contribution < -0.4 is 0 Å². The molecule has 0 spiro atoms. The van der Waals surface area contributed by atoms with E-state index in [0.29, 0.717) is 0 Å². The van der Waals surface area contributed by atoms with Gasteiger partial charge in [-0.3, -0.25) is 9.38 Å². The SMILES string of the molecule is c1ccc(-n2c3cc4c5ccncc5n5c6ncccc6nc5c4cc3c3c4c(ccc32)-c2ccccc2C4)cc1. The van der Waals surface area contributed by atoms with Crippen LogP contribution in [0, 0.1) is 0 Å². The lowest BCUT2D eigenvalue weighted by molar-refractivity contribution is 1.18. The third kappa shape index (κ3) is 2.68. The number of aromatic nitrogens is 5. The second-order valence-electron chi connectivity index (χ2n) is 10.9. The smallest absolute Gasteiger partial charge is 0.165 e. The van der Waals surface area contributed by atoms with Crippen molar-refractivity contribution in [2.24, 2.45) is 0 Å².